The van der Waals surface area contributed by atoms with Gasteiger partial charge in [-0.25, -0.2) is 0 Å². The van der Waals surface area contributed by atoms with Crippen molar-refractivity contribution in [1.82, 2.24) is 0 Å². The van der Waals surface area contributed by atoms with Gasteiger partial charge < -0.3 is 0 Å². The summed E-state index contributed by atoms with van der Waals surface area (Å²) in [5.74, 6) is 0. The molecule has 0 fully saturated rings. The van der Waals surface area contributed by atoms with Crippen LogP contribution in [0.4, 0.5) is 11.4 Å². The maximum absolute atomic E-state index is 11.7. The number of benzene rings is 4. The standard InChI is InChI=1S/C28H26BrN2O4P/c1-20-7-4-10-26(13-20)36(29,27-11-5-8-21(2)14-27,28-12-6-9-22(3)15-28)19-23-16-24(30(32)33)18-25(17-23)31(34)35/h4-18H,19H2,1-3H3. The van der Waals surface area contributed by atoms with Gasteiger partial charge in [-0.1, -0.05) is 0 Å². The molecule has 0 saturated heterocycles. The summed E-state index contributed by atoms with van der Waals surface area (Å²) in [5.41, 5.74) is 3.16. The summed E-state index contributed by atoms with van der Waals surface area (Å²) in [5, 5.41) is 23.0. The number of nitrogens with zero attached hydrogens (tertiary/aromatic N) is 2. The molecule has 4 aromatic rings. The van der Waals surface area contributed by atoms with Gasteiger partial charge in [0.2, 0.25) is 0 Å². The Labute approximate surface area is 218 Å². The van der Waals surface area contributed by atoms with E-state index in [0.717, 1.165) is 38.7 Å². The monoisotopic (exact) mass is 564 g/mol. The van der Waals surface area contributed by atoms with E-state index in [9.17, 15) is 20.2 Å². The van der Waals surface area contributed by atoms with Gasteiger partial charge in [-0.2, -0.15) is 0 Å². The third-order valence-electron chi connectivity index (χ3n) is 6.48. The zero-order valence-corrected chi connectivity index (χ0v) is 22.7. The molecule has 36 heavy (non-hydrogen) atoms. The van der Waals surface area contributed by atoms with Gasteiger partial charge in [0.05, 0.1) is 0 Å². The molecular formula is C28H26BrN2O4P. The van der Waals surface area contributed by atoms with E-state index in [-0.39, 0.29) is 11.4 Å². The van der Waals surface area contributed by atoms with E-state index in [1.807, 2.05) is 57.2 Å². The van der Waals surface area contributed by atoms with Gasteiger partial charge in [0.15, 0.2) is 0 Å². The Kier molecular flexibility index (Phi) is 6.82. The van der Waals surface area contributed by atoms with Gasteiger partial charge in [-0.3, -0.25) is 0 Å². The topological polar surface area (TPSA) is 86.3 Å². The van der Waals surface area contributed by atoms with Gasteiger partial charge >= 0.3 is 218 Å². The van der Waals surface area contributed by atoms with Crippen LogP contribution in [0.5, 0.6) is 0 Å². The van der Waals surface area contributed by atoms with Gasteiger partial charge in [-0.15, -0.1) is 0 Å². The van der Waals surface area contributed by atoms with Gasteiger partial charge in [-0.05, 0) is 0 Å². The molecule has 0 N–H and O–H groups in total. The van der Waals surface area contributed by atoms with Crippen LogP contribution in [0.1, 0.15) is 22.3 Å². The fourth-order valence-corrected chi connectivity index (χ4v) is 12.5. The van der Waals surface area contributed by atoms with Crippen LogP contribution >= 0.6 is 20.8 Å². The summed E-state index contributed by atoms with van der Waals surface area (Å²) in [7, 11) is 0. The predicted molar refractivity (Wildman–Crippen MR) is 152 cm³/mol. The fraction of sp³-hybridized carbons (Fsp3) is 0.143. The van der Waals surface area contributed by atoms with E-state index in [2.05, 4.69) is 51.9 Å². The minimum atomic E-state index is -3.53. The molecule has 0 aromatic heterocycles. The summed E-state index contributed by atoms with van der Waals surface area (Å²) < 4.78 is 0. The zero-order chi connectivity index (χ0) is 26.1. The van der Waals surface area contributed by atoms with Crippen LogP contribution in [0.3, 0.4) is 0 Å². The molecule has 8 heteroatoms. The third kappa shape index (κ3) is 4.57. The number of aryl methyl sites for hydroxylation is 3. The molecule has 6 nitrogen and oxygen atoms in total. The van der Waals surface area contributed by atoms with E-state index in [4.69, 9.17) is 0 Å². The van der Waals surface area contributed by atoms with Gasteiger partial charge in [0, 0.05) is 0 Å². The van der Waals surface area contributed by atoms with Crippen molar-refractivity contribution < 1.29 is 9.85 Å². The number of non-ortho nitro benzene ring substituents is 2. The first-order valence-corrected chi connectivity index (χ1v) is 15.8. The second kappa shape index (κ2) is 9.57. The second-order valence-electron chi connectivity index (χ2n) is 9.23. The molecule has 4 aromatic carbocycles. The van der Waals surface area contributed by atoms with Crippen LogP contribution in [0.25, 0.3) is 0 Å². The van der Waals surface area contributed by atoms with Gasteiger partial charge in [0.1, 0.15) is 0 Å². The summed E-state index contributed by atoms with van der Waals surface area (Å²) in [4.78, 5) is 22.2. The average molecular weight is 565 g/mol. The van der Waals surface area contributed by atoms with Crippen LogP contribution in [0, 0.1) is 41.0 Å². The van der Waals surface area contributed by atoms with Crippen molar-refractivity contribution in [2.24, 2.45) is 0 Å². The Hall–Kier alpha value is -3.41. The van der Waals surface area contributed by atoms with E-state index < -0.39 is 15.2 Å². The molecule has 0 aliphatic carbocycles. The number of halogens is 1. The summed E-state index contributed by atoms with van der Waals surface area (Å²) in [6.07, 6.45) is 0.324. The second-order valence-corrected chi connectivity index (χ2v) is 18.2. The first-order valence-electron chi connectivity index (χ1n) is 11.4. The molecule has 0 unspecified atom stereocenters. The molecule has 4 rings (SSSR count). The zero-order valence-electron chi connectivity index (χ0n) is 20.2. The Morgan fingerprint density at radius 3 is 1.31 bits per heavy atom. The van der Waals surface area contributed by atoms with Crippen LogP contribution in [0.15, 0.2) is 91.0 Å². The molecule has 0 atom stereocenters. The van der Waals surface area contributed by atoms with Crippen molar-refractivity contribution in [3.05, 3.63) is 133 Å². The molecule has 0 aliphatic heterocycles. The summed E-state index contributed by atoms with van der Waals surface area (Å²) in [6, 6.07) is 28.7. The van der Waals surface area contributed by atoms with E-state index in [0.29, 0.717) is 11.7 Å². The molecule has 0 aliphatic rings. The van der Waals surface area contributed by atoms with Crippen molar-refractivity contribution in [3.8, 4) is 0 Å². The first-order chi connectivity index (χ1) is 17.0. The van der Waals surface area contributed by atoms with Crippen LogP contribution in [-0.2, 0) is 6.16 Å². The normalized spacial score (nSPS) is 12.5. The average Bonchev–Trinajstić information content (AvgIpc) is 2.84. The molecule has 184 valence electrons. The Morgan fingerprint density at radius 2 is 1.00 bits per heavy atom. The Morgan fingerprint density at radius 1 is 0.639 bits per heavy atom. The molecule has 0 heterocycles. The minimum absolute atomic E-state index is 0.297. The van der Waals surface area contributed by atoms with E-state index in [1.165, 1.54) is 12.1 Å². The van der Waals surface area contributed by atoms with Crippen LogP contribution < -0.4 is 15.9 Å². The number of hydrogen-bond acceptors (Lipinski definition) is 4. The number of nitro benzene ring substituents is 2. The third-order valence-corrected chi connectivity index (χ3v) is 15.9. The Balaban J connectivity index is 2.16. The van der Waals surface area contributed by atoms with Crippen molar-refractivity contribution in [2.45, 2.75) is 26.9 Å². The number of hydrogen-bond donors (Lipinski definition) is 0. The maximum atomic E-state index is 11.7. The number of nitro groups is 2. The van der Waals surface area contributed by atoms with Crippen molar-refractivity contribution in [3.63, 3.8) is 0 Å². The molecular weight excluding hydrogens is 539 g/mol. The summed E-state index contributed by atoms with van der Waals surface area (Å²) in [6.45, 7) is 6.09. The SMILES string of the molecule is Cc1cccc(P(Br)(Cc2cc([N+](=O)[O-])cc([N+](=O)[O-])c2)(c2cccc(C)c2)c2cccc(C)c2)c1. The number of rotatable bonds is 7. The Bertz CT molecular complexity index is 1360. The van der Waals surface area contributed by atoms with Crippen molar-refractivity contribution in [2.75, 3.05) is 0 Å². The first kappa shape index (κ1) is 25.7. The van der Waals surface area contributed by atoms with Crippen molar-refractivity contribution in [1.29, 1.82) is 0 Å². The molecule has 0 bridgehead atoms. The predicted octanol–water partition coefficient (Wildman–Crippen LogP) is 6.77. The molecule has 0 radical (unpaired) electrons. The van der Waals surface area contributed by atoms with Crippen LogP contribution in [-0.4, -0.2) is 9.85 Å². The quantitative estimate of drug-likeness (QED) is 0.141. The van der Waals surface area contributed by atoms with Crippen LogP contribution in [0.2, 0.25) is 0 Å². The van der Waals surface area contributed by atoms with E-state index >= 15 is 0 Å². The summed E-state index contributed by atoms with van der Waals surface area (Å²) >= 11 is 4.37. The molecule has 0 saturated carbocycles. The molecule has 0 amide bonds. The van der Waals surface area contributed by atoms with Gasteiger partial charge in [0.25, 0.3) is 0 Å². The van der Waals surface area contributed by atoms with Crippen molar-refractivity contribution >= 4 is 48.1 Å². The molecule has 0 spiro atoms. The van der Waals surface area contributed by atoms with E-state index in [1.54, 1.807) is 0 Å². The fourth-order valence-electron chi connectivity index (χ4n) is 4.78.